The Hall–Kier alpha value is -7.33. The molecular weight excluding hydrogens is 1030 g/mol. The van der Waals surface area contributed by atoms with E-state index >= 15 is 0 Å². The first-order valence-corrected chi connectivity index (χ1v) is 25.9. The van der Waals surface area contributed by atoms with E-state index in [1.807, 2.05) is 72.8 Å². The third-order valence-electron chi connectivity index (χ3n) is 14.3. The molecule has 394 valence electrons. The Labute approximate surface area is 459 Å². The number of nitriles is 4. The minimum atomic E-state index is -1.83. The molecule has 0 saturated heterocycles. The molecule has 0 spiro atoms. The van der Waals surface area contributed by atoms with Gasteiger partial charge in [-0.1, -0.05) is 144 Å². The first-order chi connectivity index (χ1) is 36.9. The summed E-state index contributed by atoms with van der Waals surface area (Å²) in [7, 11) is 0. The molecule has 4 aromatic carbocycles. The number of para-hydroxylation sites is 2. The molecule has 0 radical (unpaired) electrons. The molecule has 2 heterocycles. The zero-order valence-corrected chi connectivity index (χ0v) is 44.7. The Kier molecular flexibility index (Phi) is 19.3. The van der Waals surface area contributed by atoms with E-state index in [4.69, 9.17) is 64.6 Å². The van der Waals surface area contributed by atoms with Crippen molar-refractivity contribution in [2.75, 3.05) is 39.6 Å². The number of benzene rings is 4. The fourth-order valence-corrected chi connectivity index (χ4v) is 10.7. The van der Waals surface area contributed by atoms with Crippen molar-refractivity contribution in [2.24, 2.45) is 33.5 Å². The predicted octanol–water partition coefficient (Wildman–Crippen LogP) is 11.0. The second-order valence-electron chi connectivity index (χ2n) is 18.2. The van der Waals surface area contributed by atoms with Crippen molar-refractivity contribution < 1.29 is 49.0 Å². The summed E-state index contributed by atoms with van der Waals surface area (Å²) < 4.78 is 38.7. The summed E-state index contributed by atoms with van der Waals surface area (Å²) in [4.78, 5) is 54.9. The Bertz CT molecular complexity index is 2760. The van der Waals surface area contributed by atoms with E-state index in [0.29, 0.717) is 33.8 Å². The van der Waals surface area contributed by atoms with Crippen LogP contribution in [-0.2, 0) is 51.0 Å². The number of fused-ring (bicyclic) bond motifs is 6. The normalized spacial score (nSPS) is 21.1. The van der Waals surface area contributed by atoms with Crippen LogP contribution in [-0.4, -0.2) is 67.8 Å². The van der Waals surface area contributed by atoms with Gasteiger partial charge in [0.2, 0.25) is 0 Å². The molecule has 2 aliphatic heterocycles. The fraction of sp³-hybridized carbons (Fsp3) is 0.390. The zero-order chi connectivity index (χ0) is 56.0. The second-order valence-corrected chi connectivity index (χ2v) is 20.0. The molecule has 0 amide bonds. The Morgan fingerprint density at radius 3 is 1.12 bits per heavy atom. The third kappa shape index (κ3) is 11.4. The maximum Gasteiger partial charge on any atom is 0.328 e. The molecule has 17 heteroatoms. The SMILES string of the molecule is CCOC(=O)C1(C(=O)OCC)Cc2ccccc2OC[C@@H]2CC1=C[C@H](c1ccccc1)C2(C#N)C#N.CCOC(=O)C1(C(=O)OCC)Cc2ccccc2OC[C@H]2CC1=C[C@@H](c1ccccc1)C2(C#N)C#N.[2H]C(Cl)(Cl)Cl. The van der Waals surface area contributed by atoms with Gasteiger partial charge in [0, 0.05) is 36.5 Å². The van der Waals surface area contributed by atoms with Gasteiger partial charge in [0.05, 0.1) is 65.3 Å². The number of esters is 4. The van der Waals surface area contributed by atoms with Gasteiger partial charge >= 0.3 is 23.9 Å². The first kappa shape index (κ1) is 56.4. The largest absolute Gasteiger partial charge is 0.493 e. The van der Waals surface area contributed by atoms with Crippen LogP contribution in [0.2, 0.25) is 0 Å². The number of allylic oxidation sites excluding steroid dienone is 2. The highest BCUT2D eigenvalue weighted by atomic mass is 35.6. The molecule has 4 aromatic rings. The van der Waals surface area contributed by atoms with Crippen LogP contribution in [0.5, 0.6) is 11.5 Å². The summed E-state index contributed by atoms with van der Waals surface area (Å²) in [6.45, 7) is 7.20. The van der Waals surface area contributed by atoms with Crippen LogP contribution >= 0.6 is 34.8 Å². The summed E-state index contributed by atoms with van der Waals surface area (Å²) in [5.74, 6) is -4.49. The summed E-state index contributed by atoms with van der Waals surface area (Å²) in [6.07, 6.45) is 3.73. The topological polar surface area (TPSA) is 219 Å². The first-order valence-electron chi connectivity index (χ1n) is 25.3. The lowest BCUT2D eigenvalue weighted by atomic mass is 9.57. The van der Waals surface area contributed by atoms with Gasteiger partial charge in [0.15, 0.2) is 25.9 Å². The monoisotopic (exact) mass is 1090 g/mol. The quantitative estimate of drug-likeness (QED) is 0.0474. The second kappa shape index (κ2) is 25.9. The van der Waals surface area contributed by atoms with Crippen molar-refractivity contribution in [3.05, 3.63) is 155 Å². The van der Waals surface area contributed by atoms with Gasteiger partial charge in [-0.25, -0.2) is 0 Å². The van der Waals surface area contributed by atoms with Crippen LogP contribution in [0.4, 0.5) is 0 Å². The van der Waals surface area contributed by atoms with Crippen LogP contribution in [0.3, 0.4) is 0 Å². The van der Waals surface area contributed by atoms with E-state index in [-0.39, 0.29) is 65.3 Å². The molecule has 4 aliphatic rings. The smallest absolute Gasteiger partial charge is 0.328 e. The average Bonchev–Trinajstić information content (AvgIpc) is 3.60. The highest BCUT2D eigenvalue weighted by molar-refractivity contribution is 6.63. The molecule has 4 bridgehead atoms. The van der Waals surface area contributed by atoms with E-state index in [0.717, 1.165) is 11.1 Å². The molecule has 2 aliphatic carbocycles. The maximum atomic E-state index is 13.7. The number of carbonyl (C=O) groups excluding carboxylic acids is 4. The molecule has 8 rings (SSSR count). The van der Waals surface area contributed by atoms with Gasteiger partial charge in [-0.2, -0.15) is 21.0 Å². The van der Waals surface area contributed by atoms with Gasteiger partial charge < -0.3 is 28.4 Å². The molecule has 0 aromatic heterocycles. The molecule has 76 heavy (non-hydrogen) atoms. The highest BCUT2D eigenvalue weighted by Crippen LogP contribution is 2.56. The summed E-state index contributed by atoms with van der Waals surface area (Å²) in [6, 6.07) is 41.9. The van der Waals surface area contributed by atoms with E-state index in [2.05, 4.69) is 24.3 Å². The standard InChI is InChI=1S/2C29H28N2O5.CHCl3/c2*1-3-34-26(32)29(27(33)35-4-2)16-21-12-8-9-13-25(21)36-17-23-14-22(29)15-24(28(23,18-30)19-31)20-10-6-5-7-11-20;2-1(3)4/h2*5-13,15,23-24H,3-4,14,16-17H2,1-2H3;1H/t2*23-,24+;/m10./s1/i;;1D. The van der Waals surface area contributed by atoms with Crippen LogP contribution in [0, 0.1) is 78.8 Å². The number of alkyl halides is 3. The number of halogens is 3. The predicted molar refractivity (Wildman–Crippen MR) is 282 cm³/mol. The van der Waals surface area contributed by atoms with E-state index in [9.17, 15) is 40.2 Å². The maximum absolute atomic E-state index is 13.7. The van der Waals surface area contributed by atoms with E-state index in [1.165, 1.54) is 0 Å². The lowest BCUT2D eigenvalue weighted by Crippen LogP contribution is -2.49. The minimum Gasteiger partial charge on any atom is -0.493 e. The summed E-state index contributed by atoms with van der Waals surface area (Å²) in [5, 5.41) is 41.6. The molecule has 0 unspecified atom stereocenters. The Morgan fingerprint density at radius 1 is 0.539 bits per heavy atom. The van der Waals surface area contributed by atoms with Crippen molar-refractivity contribution in [3.63, 3.8) is 0 Å². The number of rotatable bonds is 10. The van der Waals surface area contributed by atoms with Gasteiger partial charge in [-0.15, -0.1) is 0 Å². The van der Waals surface area contributed by atoms with Crippen molar-refractivity contribution in [1.82, 2.24) is 0 Å². The van der Waals surface area contributed by atoms with Crippen LogP contribution < -0.4 is 9.47 Å². The molecular formula is C59H57Cl3N4O10. The third-order valence-corrected chi connectivity index (χ3v) is 14.3. The Balaban J connectivity index is 0.000000229. The lowest BCUT2D eigenvalue weighted by Gasteiger charge is -2.42. The van der Waals surface area contributed by atoms with Crippen LogP contribution in [0.25, 0.3) is 0 Å². The summed E-state index contributed by atoms with van der Waals surface area (Å²) in [5.41, 5.74) is -2.78. The van der Waals surface area contributed by atoms with Crippen molar-refractivity contribution in [3.8, 4) is 35.8 Å². The van der Waals surface area contributed by atoms with Gasteiger partial charge in [-0.3, -0.25) is 19.2 Å². The van der Waals surface area contributed by atoms with Crippen molar-refractivity contribution in [2.45, 2.75) is 69.5 Å². The average molecular weight is 1090 g/mol. The van der Waals surface area contributed by atoms with Crippen molar-refractivity contribution in [1.29, 1.82) is 21.0 Å². The van der Waals surface area contributed by atoms with Gasteiger partial charge in [0.1, 0.15) is 11.5 Å². The van der Waals surface area contributed by atoms with Gasteiger partial charge in [-0.05, 0) is 86.1 Å². The molecule has 0 N–H and O–H groups in total. The zero-order valence-electron chi connectivity index (χ0n) is 43.4. The molecule has 14 nitrogen and oxygen atoms in total. The highest BCUT2D eigenvalue weighted by Gasteiger charge is 2.61. The van der Waals surface area contributed by atoms with E-state index < -0.39 is 73.5 Å². The van der Waals surface area contributed by atoms with E-state index in [1.54, 1.807) is 76.2 Å². The van der Waals surface area contributed by atoms with Crippen LogP contribution in [0.15, 0.2) is 132 Å². The molecule has 4 atom stereocenters. The number of ether oxygens (including phenoxy) is 6. The fourth-order valence-electron chi connectivity index (χ4n) is 10.7. The number of hydrogen-bond donors (Lipinski definition) is 0. The lowest BCUT2D eigenvalue weighted by molar-refractivity contribution is -0.171. The number of hydrogen-bond acceptors (Lipinski definition) is 14. The number of nitrogens with zero attached hydrogens (tertiary/aromatic N) is 4. The Morgan fingerprint density at radius 2 is 0.829 bits per heavy atom. The van der Waals surface area contributed by atoms with Crippen molar-refractivity contribution >= 4 is 58.7 Å². The van der Waals surface area contributed by atoms with Crippen LogP contribution in [0.1, 0.15) is 76.0 Å². The number of carbonyl (C=O) groups is 4. The van der Waals surface area contributed by atoms with Gasteiger partial charge in [0.25, 0.3) is 0 Å². The molecule has 0 fully saturated rings. The molecule has 0 saturated carbocycles. The minimum absolute atomic E-state index is 0.0208. The summed E-state index contributed by atoms with van der Waals surface area (Å²) >= 11 is 14.2.